The van der Waals surface area contributed by atoms with Crippen molar-refractivity contribution in [3.05, 3.63) is 57.3 Å². The number of hydrogen-bond donors (Lipinski definition) is 0. The van der Waals surface area contributed by atoms with E-state index in [1.807, 2.05) is 18.3 Å². The zero-order chi connectivity index (χ0) is 17.4. The van der Waals surface area contributed by atoms with E-state index >= 15 is 0 Å². The lowest BCUT2D eigenvalue weighted by Gasteiger charge is -2.10. The first kappa shape index (κ1) is 17.1. The molecular weight excluding hydrogens is 383 g/mol. The molecule has 1 saturated heterocycles. The molecule has 5 heteroatoms. The van der Waals surface area contributed by atoms with Gasteiger partial charge in [-0.05, 0) is 71.6 Å². The third-order valence-electron chi connectivity index (χ3n) is 5.28. The van der Waals surface area contributed by atoms with E-state index in [0.29, 0.717) is 29.9 Å². The molecule has 0 N–H and O–H groups in total. The van der Waals surface area contributed by atoms with E-state index in [1.54, 1.807) is 13.0 Å². The molecule has 2 aromatic rings. The molecule has 2 aliphatic rings. The van der Waals surface area contributed by atoms with Gasteiger partial charge in [0.05, 0.1) is 16.3 Å². The summed E-state index contributed by atoms with van der Waals surface area (Å²) in [6.45, 7) is 2.69. The molecule has 3 nitrogen and oxygen atoms in total. The molecule has 2 heterocycles. The minimum absolute atomic E-state index is 0.173. The number of ether oxygens (including phenoxy) is 1. The van der Waals surface area contributed by atoms with Crippen LogP contribution >= 0.6 is 15.9 Å². The molecule has 4 rings (SSSR count). The molecule has 1 aliphatic carbocycles. The number of hydrogen-bond acceptors (Lipinski definition) is 3. The SMILES string of the molecule is Cc1ccc(Cc2ncc(Br)c(C3CC3CC3CCCO3)n2)cc1F. The Morgan fingerprint density at radius 1 is 1.36 bits per heavy atom. The predicted molar refractivity (Wildman–Crippen MR) is 98.1 cm³/mol. The Hall–Kier alpha value is -1.33. The first-order valence-electron chi connectivity index (χ1n) is 8.98. The molecule has 0 amide bonds. The fourth-order valence-corrected chi connectivity index (χ4v) is 4.19. The average Bonchev–Trinajstić information content (AvgIpc) is 3.14. The normalized spacial score (nSPS) is 25.3. The molecule has 2 fully saturated rings. The van der Waals surface area contributed by atoms with Gasteiger partial charge in [-0.1, -0.05) is 12.1 Å². The highest BCUT2D eigenvalue weighted by atomic mass is 79.9. The highest BCUT2D eigenvalue weighted by molar-refractivity contribution is 9.10. The highest BCUT2D eigenvalue weighted by Gasteiger charge is 2.42. The Balaban J connectivity index is 1.46. The predicted octanol–water partition coefficient (Wildman–Crippen LogP) is 4.95. The van der Waals surface area contributed by atoms with E-state index in [2.05, 4.69) is 20.9 Å². The molecule has 0 spiro atoms. The molecule has 3 atom stereocenters. The van der Waals surface area contributed by atoms with Crippen LogP contribution in [0.25, 0.3) is 0 Å². The summed E-state index contributed by atoms with van der Waals surface area (Å²) in [4.78, 5) is 9.20. The fraction of sp³-hybridized carbons (Fsp3) is 0.500. The molecule has 25 heavy (non-hydrogen) atoms. The number of benzene rings is 1. The summed E-state index contributed by atoms with van der Waals surface area (Å²) in [5.74, 6) is 1.74. The highest BCUT2D eigenvalue weighted by Crippen LogP contribution is 2.52. The summed E-state index contributed by atoms with van der Waals surface area (Å²) in [6.07, 6.45) is 7.53. The Morgan fingerprint density at radius 2 is 2.24 bits per heavy atom. The van der Waals surface area contributed by atoms with Crippen LogP contribution in [0.1, 0.15) is 54.2 Å². The van der Waals surface area contributed by atoms with E-state index in [0.717, 1.165) is 34.6 Å². The number of aromatic nitrogens is 2. The summed E-state index contributed by atoms with van der Waals surface area (Å²) in [5, 5.41) is 0. The average molecular weight is 405 g/mol. The maximum absolute atomic E-state index is 13.7. The molecule has 0 radical (unpaired) electrons. The Morgan fingerprint density at radius 3 is 3.00 bits per heavy atom. The Kier molecular flexibility index (Phi) is 4.87. The number of nitrogens with zero attached hydrogens (tertiary/aromatic N) is 2. The molecule has 1 aliphatic heterocycles. The third-order valence-corrected chi connectivity index (χ3v) is 5.89. The van der Waals surface area contributed by atoms with Gasteiger partial charge < -0.3 is 4.74 Å². The van der Waals surface area contributed by atoms with Crippen LogP contribution in [0.2, 0.25) is 0 Å². The van der Waals surface area contributed by atoms with Gasteiger partial charge in [-0.25, -0.2) is 14.4 Å². The first-order chi connectivity index (χ1) is 12.1. The molecule has 3 unspecified atom stereocenters. The van der Waals surface area contributed by atoms with Gasteiger partial charge in [0.1, 0.15) is 11.6 Å². The minimum Gasteiger partial charge on any atom is -0.378 e. The first-order valence-corrected chi connectivity index (χ1v) is 9.77. The van der Waals surface area contributed by atoms with Crippen molar-refractivity contribution >= 4 is 15.9 Å². The second-order valence-electron chi connectivity index (χ2n) is 7.25. The third kappa shape index (κ3) is 3.93. The van der Waals surface area contributed by atoms with E-state index < -0.39 is 0 Å². The van der Waals surface area contributed by atoms with E-state index in [4.69, 9.17) is 9.72 Å². The molecule has 132 valence electrons. The lowest BCUT2D eigenvalue weighted by Crippen LogP contribution is -2.07. The van der Waals surface area contributed by atoms with Gasteiger partial charge in [-0.15, -0.1) is 0 Å². The van der Waals surface area contributed by atoms with E-state index in [1.165, 1.54) is 19.3 Å². The number of aryl methyl sites for hydroxylation is 1. The van der Waals surface area contributed by atoms with Gasteiger partial charge in [0, 0.05) is 25.1 Å². The standard InChI is InChI=1S/C20H22BrFN2O/c1-12-4-5-13(7-18(12)22)8-19-23-11-17(21)20(24-19)16-10-14(16)9-15-3-2-6-25-15/h4-5,7,11,14-16H,2-3,6,8-10H2,1H3. The maximum Gasteiger partial charge on any atom is 0.133 e. The van der Waals surface area contributed by atoms with Crippen LogP contribution in [0.15, 0.2) is 28.9 Å². The van der Waals surface area contributed by atoms with Gasteiger partial charge in [-0.2, -0.15) is 0 Å². The maximum atomic E-state index is 13.7. The second-order valence-corrected chi connectivity index (χ2v) is 8.11. The van der Waals surface area contributed by atoms with Crippen LogP contribution in [0, 0.1) is 18.7 Å². The van der Waals surface area contributed by atoms with Crippen molar-refractivity contribution in [3.8, 4) is 0 Å². The van der Waals surface area contributed by atoms with Crippen molar-refractivity contribution in [2.75, 3.05) is 6.61 Å². The smallest absolute Gasteiger partial charge is 0.133 e. The van der Waals surface area contributed by atoms with Gasteiger partial charge in [0.25, 0.3) is 0 Å². The van der Waals surface area contributed by atoms with E-state index in [9.17, 15) is 4.39 Å². The van der Waals surface area contributed by atoms with Crippen LogP contribution in [-0.2, 0) is 11.2 Å². The van der Waals surface area contributed by atoms with Crippen molar-refractivity contribution in [1.29, 1.82) is 0 Å². The molecule has 0 bridgehead atoms. The minimum atomic E-state index is -0.173. The van der Waals surface area contributed by atoms with Crippen LogP contribution in [0.5, 0.6) is 0 Å². The Bertz CT molecular complexity index is 776. The van der Waals surface area contributed by atoms with Crippen LogP contribution < -0.4 is 0 Å². The van der Waals surface area contributed by atoms with Crippen molar-refractivity contribution in [1.82, 2.24) is 9.97 Å². The number of rotatable bonds is 5. The summed E-state index contributed by atoms with van der Waals surface area (Å²) in [5.41, 5.74) is 2.67. The van der Waals surface area contributed by atoms with Gasteiger partial charge in [0.2, 0.25) is 0 Å². The zero-order valence-corrected chi connectivity index (χ0v) is 15.9. The Labute approximate surface area is 156 Å². The molecule has 1 saturated carbocycles. The molecule has 1 aromatic carbocycles. The fourth-order valence-electron chi connectivity index (χ4n) is 3.70. The topological polar surface area (TPSA) is 35.0 Å². The van der Waals surface area contributed by atoms with Crippen molar-refractivity contribution in [2.24, 2.45) is 5.92 Å². The second kappa shape index (κ2) is 7.12. The quantitative estimate of drug-likeness (QED) is 0.706. The zero-order valence-electron chi connectivity index (χ0n) is 14.3. The molecule has 1 aromatic heterocycles. The van der Waals surface area contributed by atoms with Crippen molar-refractivity contribution in [3.63, 3.8) is 0 Å². The van der Waals surface area contributed by atoms with Gasteiger partial charge >= 0.3 is 0 Å². The van der Waals surface area contributed by atoms with Crippen LogP contribution in [0.3, 0.4) is 0 Å². The summed E-state index contributed by atoms with van der Waals surface area (Å²) < 4.78 is 20.5. The van der Waals surface area contributed by atoms with E-state index in [-0.39, 0.29) is 5.82 Å². The summed E-state index contributed by atoms with van der Waals surface area (Å²) in [6, 6.07) is 5.33. The van der Waals surface area contributed by atoms with Gasteiger partial charge in [-0.3, -0.25) is 0 Å². The van der Waals surface area contributed by atoms with Crippen molar-refractivity contribution < 1.29 is 9.13 Å². The number of halogens is 2. The summed E-state index contributed by atoms with van der Waals surface area (Å²) in [7, 11) is 0. The van der Waals surface area contributed by atoms with Crippen LogP contribution in [-0.4, -0.2) is 22.7 Å². The lowest BCUT2D eigenvalue weighted by atomic mass is 10.1. The lowest BCUT2D eigenvalue weighted by molar-refractivity contribution is 0.0990. The van der Waals surface area contributed by atoms with Crippen LogP contribution in [0.4, 0.5) is 4.39 Å². The largest absolute Gasteiger partial charge is 0.378 e. The summed E-state index contributed by atoms with van der Waals surface area (Å²) >= 11 is 3.60. The monoisotopic (exact) mass is 404 g/mol. The van der Waals surface area contributed by atoms with Crippen molar-refractivity contribution in [2.45, 2.75) is 51.0 Å². The van der Waals surface area contributed by atoms with Gasteiger partial charge in [0.15, 0.2) is 0 Å². The molecular formula is C20H22BrFN2O.